The average Bonchev–Trinajstić information content (AvgIpc) is 3.26. The summed E-state index contributed by atoms with van der Waals surface area (Å²) in [6.45, 7) is 0. The molecule has 9 nitrogen and oxygen atoms in total. The molecule has 0 saturated heterocycles. The Hall–Kier alpha value is -3.05. The maximum absolute atomic E-state index is 12.4. The molecule has 0 spiro atoms. The van der Waals surface area contributed by atoms with Gasteiger partial charge in [0, 0.05) is 6.20 Å². The van der Waals surface area contributed by atoms with Crippen LogP contribution in [0.25, 0.3) is 16.4 Å². The van der Waals surface area contributed by atoms with E-state index in [1.54, 1.807) is 18.2 Å². The summed E-state index contributed by atoms with van der Waals surface area (Å²) in [7, 11) is 0. The van der Waals surface area contributed by atoms with Gasteiger partial charge in [-0.15, -0.1) is 21.5 Å². The van der Waals surface area contributed by atoms with Crippen LogP contribution in [0.1, 0.15) is 0 Å². The van der Waals surface area contributed by atoms with Crippen LogP contribution in [-0.4, -0.2) is 24.5 Å². The zero-order valence-corrected chi connectivity index (χ0v) is 13.9. The topological polar surface area (TPSA) is 116 Å². The molecular weight excluding hydrogens is 366 g/mol. The second-order valence-electron chi connectivity index (χ2n) is 4.71. The SMILES string of the molecule is O=c1c([N+](=O)[O-])c(Sc2nnc(-c3cccs3)o2)nc2ccccn12. The Kier molecular flexibility index (Phi) is 3.78. The molecule has 0 aliphatic rings. The number of thiophene rings is 1. The van der Waals surface area contributed by atoms with Crippen LogP contribution >= 0.6 is 23.1 Å². The van der Waals surface area contributed by atoms with E-state index in [0.29, 0.717) is 11.5 Å². The largest absolute Gasteiger partial charge is 0.410 e. The number of pyridine rings is 1. The third-order valence-electron chi connectivity index (χ3n) is 3.18. The number of nitrogens with zero attached hydrogens (tertiary/aromatic N) is 5. The van der Waals surface area contributed by atoms with Gasteiger partial charge in [0.1, 0.15) is 5.65 Å². The number of nitro groups is 1. The molecule has 11 heteroatoms. The van der Waals surface area contributed by atoms with Crippen LogP contribution < -0.4 is 5.56 Å². The molecule has 124 valence electrons. The number of aromatic nitrogens is 4. The normalized spacial score (nSPS) is 11.0. The van der Waals surface area contributed by atoms with Crippen LogP contribution in [0, 0.1) is 10.1 Å². The third kappa shape index (κ3) is 2.79. The predicted octanol–water partition coefficient (Wildman–Crippen LogP) is 2.87. The van der Waals surface area contributed by atoms with E-state index in [1.165, 1.54) is 17.5 Å². The van der Waals surface area contributed by atoms with Gasteiger partial charge in [0.2, 0.25) is 0 Å². The van der Waals surface area contributed by atoms with Gasteiger partial charge >= 0.3 is 11.2 Å². The summed E-state index contributed by atoms with van der Waals surface area (Å²) in [4.78, 5) is 27.9. The maximum atomic E-state index is 12.4. The van der Waals surface area contributed by atoms with Crippen LogP contribution in [0.15, 0.2) is 61.4 Å². The molecule has 0 aliphatic heterocycles. The minimum atomic E-state index is -0.768. The second-order valence-corrected chi connectivity index (χ2v) is 6.60. The van der Waals surface area contributed by atoms with Gasteiger partial charge in [0.15, 0.2) is 5.03 Å². The van der Waals surface area contributed by atoms with E-state index < -0.39 is 16.2 Å². The molecule has 0 radical (unpaired) electrons. The monoisotopic (exact) mass is 373 g/mol. The van der Waals surface area contributed by atoms with Crippen molar-refractivity contribution in [3.63, 3.8) is 0 Å². The Morgan fingerprint density at radius 2 is 2.12 bits per heavy atom. The van der Waals surface area contributed by atoms with Gasteiger partial charge < -0.3 is 4.42 Å². The maximum Gasteiger partial charge on any atom is 0.366 e. The highest BCUT2D eigenvalue weighted by Gasteiger charge is 2.26. The van der Waals surface area contributed by atoms with E-state index in [-0.39, 0.29) is 10.2 Å². The van der Waals surface area contributed by atoms with Gasteiger partial charge in [-0.05, 0) is 35.3 Å². The molecule has 0 unspecified atom stereocenters. The summed E-state index contributed by atoms with van der Waals surface area (Å²) in [6, 6.07) is 8.52. The highest BCUT2D eigenvalue weighted by atomic mass is 32.2. The smallest absolute Gasteiger partial charge is 0.366 e. The van der Waals surface area contributed by atoms with Crippen molar-refractivity contribution in [2.24, 2.45) is 0 Å². The molecule has 0 aliphatic carbocycles. The van der Waals surface area contributed by atoms with Crippen LogP contribution in [0.5, 0.6) is 0 Å². The summed E-state index contributed by atoms with van der Waals surface area (Å²) in [5, 5.41) is 20.9. The van der Waals surface area contributed by atoms with E-state index in [1.807, 2.05) is 17.5 Å². The van der Waals surface area contributed by atoms with Crippen molar-refractivity contribution in [1.82, 2.24) is 19.6 Å². The molecule has 0 amide bonds. The molecule has 0 bridgehead atoms. The van der Waals surface area contributed by atoms with E-state index in [2.05, 4.69) is 15.2 Å². The molecule has 25 heavy (non-hydrogen) atoms. The number of rotatable bonds is 4. The first kappa shape index (κ1) is 15.5. The number of fused-ring (bicyclic) bond motifs is 1. The highest BCUT2D eigenvalue weighted by Crippen LogP contribution is 2.33. The quantitative estimate of drug-likeness (QED) is 0.304. The van der Waals surface area contributed by atoms with E-state index in [4.69, 9.17) is 4.42 Å². The Balaban J connectivity index is 1.80. The summed E-state index contributed by atoms with van der Waals surface area (Å²) in [5.41, 5.74) is -1.11. The van der Waals surface area contributed by atoms with E-state index in [9.17, 15) is 14.9 Å². The van der Waals surface area contributed by atoms with E-state index in [0.717, 1.165) is 21.0 Å². The minimum absolute atomic E-state index is 0.0682. The number of hydrogen-bond donors (Lipinski definition) is 0. The van der Waals surface area contributed by atoms with Crippen LogP contribution in [0.2, 0.25) is 0 Å². The van der Waals surface area contributed by atoms with Crippen molar-refractivity contribution < 1.29 is 9.34 Å². The highest BCUT2D eigenvalue weighted by molar-refractivity contribution is 7.99. The zero-order chi connectivity index (χ0) is 17.4. The lowest BCUT2D eigenvalue weighted by atomic mass is 10.4. The van der Waals surface area contributed by atoms with Crippen molar-refractivity contribution in [2.45, 2.75) is 10.2 Å². The van der Waals surface area contributed by atoms with Crippen molar-refractivity contribution in [3.05, 3.63) is 62.4 Å². The second kappa shape index (κ2) is 6.11. The van der Waals surface area contributed by atoms with Crippen LogP contribution in [0.3, 0.4) is 0 Å². The molecule has 0 atom stereocenters. The average molecular weight is 373 g/mol. The standard InChI is InChI=1S/C14H7N5O4S2/c20-13-10(19(21)22)12(15-9-5-1-2-6-18(9)13)25-14-17-16-11(23-14)8-4-3-7-24-8/h1-7H. The van der Waals surface area contributed by atoms with Gasteiger partial charge in [-0.3, -0.25) is 19.3 Å². The van der Waals surface area contributed by atoms with Gasteiger partial charge in [-0.25, -0.2) is 4.98 Å². The van der Waals surface area contributed by atoms with Crippen molar-refractivity contribution in [3.8, 4) is 10.8 Å². The molecule has 4 aromatic rings. The molecule has 0 aromatic carbocycles. The van der Waals surface area contributed by atoms with E-state index >= 15 is 0 Å². The van der Waals surface area contributed by atoms with Gasteiger partial charge in [-0.2, -0.15) is 0 Å². The van der Waals surface area contributed by atoms with Gasteiger partial charge in [-0.1, -0.05) is 12.1 Å². The lowest BCUT2D eigenvalue weighted by Crippen LogP contribution is -2.19. The lowest BCUT2D eigenvalue weighted by Gasteiger charge is -2.02. The molecule has 0 N–H and O–H groups in total. The minimum Gasteiger partial charge on any atom is -0.410 e. The summed E-state index contributed by atoms with van der Waals surface area (Å²) >= 11 is 2.21. The molecule has 4 aromatic heterocycles. The number of hydrogen-bond acceptors (Lipinski definition) is 9. The molecule has 4 heterocycles. The van der Waals surface area contributed by atoms with Crippen molar-refractivity contribution in [2.75, 3.05) is 0 Å². The predicted molar refractivity (Wildman–Crippen MR) is 89.9 cm³/mol. The first-order valence-corrected chi connectivity index (χ1v) is 8.54. The molecule has 0 saturated carbocycles. The molecular formula is C14H7N5O4S2. The lowest BCUT2D eigenvalue weighted by molar-refractivity contribution is -0.389. The fraction of sp³-hybridized carbons (Fsp3) is 0. The van der Waals surface area contributed by atoms with Gasteiger partial charge in [0.25, 0.3) is 11.1 Å². The Morgan fingerprint density at radius 3 is 2.88 bits per heavy atom. The van der Waals surface area contributed by atoms with Crippen LogP contribution in [-0.2, 0) is 0 Å². The Morgan fingerprint density at radius 1 is 1.24 bits per heavy atom. The zero-order valence-electron chi connectivity index (χ0n) is 12.2. The fourth-order valence-electron chi connectivity index (χ4n) is 2.12. The van der Waals surface area contributed by atoms with Crippen molar-refractivity contribution in [1.29, 1.82) is 0 Å². The Bertz CT molecular complexity index is 1140. The Labute approximate surface area is 147 Å². The molecule has 0 fully saturated rings. The summed E-state index contributed by atoms with van der Waals surface area (Å²) in [6.07, 6.45) is 1.42. The first-order chi connectivity index (χ1) is 12.1. The van der Waals surface area contributed by atoms with Crippen molar-refractivity contribution >= 4 is 34.4 Å². The van der Waals surface area contributed by atoms with Gasteiger partial charge in [0.05, 0.1) is 9.80 Å². The third-order valence-corrected chi connectivity index (χ3v) is 4.86. The first-order valence-electron chi connectivity index (χ1n) is 6.84. The fourth-order valence-corrected chi connectivity index (χ4v) is 3.53. The summed E-state index contributed by atoms with van der Waals surface area (Å²) in [5.74, 6) is 0.303. The molecule has 4 rings (SSSR count). The summed E-state index contributed by atoms with van der Waals surface area (Å²) < 4.78 is 6.62. The van der Waals surface area contributed by atoms with Crippen LogP contribution in [0.4, 0.5) is 5.69 Å².